The number of carbonyl (C=O) groups excluding carboxylic acids is 1. The second-order valence-corrected chi connectivity index (χ2v) is 4.20. The van der Waals surface area contributed by atoms with Gasteiger partial charge in [-0.2, -0.15) is 0 Å². The first-order valence-corrected chi connectivity index (χ1v) is 5.80. The predicted octanol–water partition coefficient (Wildman–Crippen LogP) is 3.29. The van der Waals surface area contributed by atoms with Gasteiger partial charge in [0.05, 0.1) is 5.69 Å². The first-order chi connectivity index (χ1) is 8.58. The molecule has 2 aromatic rings. The van der Waals surface area contributed by atoms with E-state index in [2.05, 4.69) is 4.98 Å². The van der Waals surface area contributed by atoms with Crippen LogP contribution < -0.4 is 4.74 Å². The molecule has 0 unspecified atom stereocenters. The Morgan fingerprint density at radius 2 is 1.83 bits per heavy atom. The van der Waals surface area contributed by atoms with Crippen LogP contribution in [0.1, 0.15) is 18.2 Å². The van der Waals surface area contributed by atoms with Crippen LogP contribution in [0.2, 0.25) is 0 Å². The van der Waals surface area contributed by atoms with Gasteiger partial charge in [0.2, 0.25) is 0 Å². The van der Waals surface area contributed by atoms with E-state index >= 15 is 0 Å². The van der Waals surface area contributed by atoms with Crippen molar-refractivity contribution >= 4 is 5.97 Å². The fourth-order valence-electron chi connectivity index (χ4n) is 1.85. The van der Waals surface area contributed by atoms with Crippen LogP contribution in [0.25, 0.3) is 11.3 Å². The van der Waals surface area contributed by atoms with Crippen LogP contribution in [0.4, 0.5) is 0 Å². The van der Waals surface area contributed by atoms with Crippen LogP contribution in [0.5, 0.6) is 5.75 Å². The molecule has 1 aromatic carbocycles. The highest BCUT2D eigenvalue weighted by Gasteiger charge is 2.11. The van der Waals surface area contributed by atoms with Gasteiger partial charge in [-0.25, -0.2) is 0 Å². The molecule has 92 valence electrons. The number of hydrogen-bond acceptors (Lipinski definition) is 3. The number of nitrogens with zero attached hydrogens (tertiary/aromatic N) is 1. The molecule has 3 heteroatoms. The molecule has 0 saturated heterocycles. The summed E-state index contributed by atoms with van der Waals surface area (Å²) in [4.78, 5) is 15.6. The zero-order chi connectivity index (χ0) is 13.1. The number of rotatable bonds is 2. The highest BCUT2D eigenvalue weighted by Crippen LogP contribution is 2.29. The van der Waals surface area contributed by atoms with Gasteiger partial charge in [0, 0.05) is 29.8 Å². The summed E-state index contributed by atoms with van der Waals surface area (Å²) in [6.07, 6.45) is 0. The number of aromatic nitrogens is 1. The van der Waals surface area contributed by atoms with Crippen molar-refractivity contribution in [3.05, 3.63) is 47.7 Å². The number of carbonyl (C=O) groups is 1. The number of ether oxygens (including phenoxy) is 1. The zero-order valence-corrected chi connectivity index (χ0v) is 10.7. The quantitative estimate of drug-likeness (QED) is 0.757. The molecule has 0 aliphatic carbocycles. The van der Waals surface area contributed by atoms with Crippen molar-refractivity contribution in [3.63, 3.8) is 0 Å². The molecule has 0 atom stereocenters. The maximum absolute atomic E-state index is 11.1. The largest absolute Gasteiger partial charge is 0.426 e. The minimum absolute atomic E-state index is 0.317. The molecule has 0 amide bonds. The lowest BCUT2D eigenvalue weighted by Crippen LogP contribution is -2.05. The maximum Gasteiger partial charge on any atom is 0.308 e. The minimum atomic E-state index is -0.317. The third kappa shape index (κ3) is 2.56. The fourth-order valence-corrected chi connectivity index (χ4v) is 1.85. The molecule has 0 bridgehead atoms. The van der Waals surface area contributed by atoms with Crippen molar-refractivity contribution < 1.29 is 9.53 Å². The summed E-state index contributed by atoms with van der Waals surface area (Å²) in [5.41, 5.74) is 3.58. The van der Waals surface area contributed by atoms with Crippen molar-refractivity contribution in [1.82, 2.24) is 4.98 Å². The maximum atomic E-state index is 11.1. The molecular formula is C15H15NO2. The van der Waals surface area contributed by atoms with Gasteiger partial charge in [-0.05, 0) is 13.8 Å². The van der Waals surface area contributed by atoms with Crippen molar-refractivity contribution in [3.8, 4) is 17.0 Å². The Kier molecular flexibility index (Phi) is 3.42. The van der Waals surface area contributed by atoms with E-state index in [9.17, 15) is 4.79 Å². The first kappa shape index (κ1) is 12.3. The molecular weight excluding hydrogens is 226 g/mol. The summed E-state index contributed by atoms with van der Waals surface area (Å²) in [6, 6.07) is 11.7. The van der Waals surface area contributed by atoms with Gasteiger partial charge >= 0.3 is 5.97 Å². The third-order valence-corrected chi connectivity index (χ3v) is 2.65. The van der Waals surface area contributed by atoms with Crippen molar-refractivity contribution in [2.24, 2.45) is 0 Å². The number of aryl methyl sites for hydroxylation is 1. The van der Waals surface area contributed by atoms with Crippen LogP contribution in [-0.2, 0) is 4.79 Å². The molecule has 0 aliphatic heterocycles. The van der Waals surface area contributed by atoms with Crippen molar-refractivity contribution in [2.45, 2.75) is 20.8 Å². The smallest absolute Gasteiger partial charge is 0.308 e. The molecule has 1 heterocycles. The van der Waals surface area contributed by atoms with E-state index in [4.69, 9.17) is 4.74 Å². The van der Waals surface area contributed by atoms with E-state index < -0.39 is 0 Å². The number of benzene rings is 1. The van der Waals surface area contributed by atoms with E-state index in [1.807, 2.05) is 44.2 Å². The summed E-state index contributed by atoms with van der Waals surface area (Å²) >= 11 is 0. The van der Waals surface area contributed by atoms with Crippen LogP contribution in [0, 0.1) is 13.8 Å². The summed E-state index contributed by atoms with van der Waals surface area (Å²) in [7, 11) is 0. The summed E-state index contributed by atoms with van der Waals surface area (Å²) < 4.78 is 5.21. The Hall–Kier alpha value is -2.16. The van der Waals surface area contributed by atoms with Gasteiger partial charge in [-0.15, -0.1) is 0 Å². The zero-order valence-electron chi connectivity index (χ0n) is 10.7. The SMILES string of the molecule is CC(=O)Oc1cc(C)nc(-c2ccccc2)c1C. The minimum Gasteiger partial charge on any atom is -0.426 e. The van der Waals surface area contributed by atoms with Crippen LogP contribution in [0.15, 0.2) is 36.4 Å². The van der Waals surface area contributed by atoms with Gasteiger partial charge in [0.1, 0.15) is 5.75 Å². The number of esters is 1. The second-order valence-electron chi connectivity index (χ2n) is 4.20. The Bertz CT molecular complexity index is 577. The number of pyridine rings is 1. The van der Waals surface area contributed by atoms with Crippen molar-refractivity contribution in [2.75, 3.05) is 0 Å². The highest BCUT2D eigenvalue weighted by atomic mass is 16.5. The molecule has 3 nitrogen and oxygen atoms in total. The lowest BCUT2D eigenvalue weighted by atomic mass is 10.1. The van der Waals surface area contributed by atoms with Crippen molar-refractivity contribution in [1.29, 1.82) is 0 Å². The summed E-state index contributed by atoms with van der Waals surface area (Å²) in [6.45, 7) is 5.20. The predicted molar refractivity (Wildman–Crippen MR) is 70.5 cm³/mol. The molecule has 2 rings (SSSR count). The molecule has 0 aliphatic rings. The molecule has 18 heavy (non-hydrogen) atoms. The topological polar surface area (TPSA) is 39.2 Å². The average Bonchev–Trinajstić information content (AvgIpc) is 2.34. The normalized spacial score (nSPS) is 10.2. The van der Waals surface area contributed by atoms with Crippen LogP contribution >= 0.6 is 0 Å². The van der Waals surface area contributed by atoms with E-state index in [1.54, 1.807) is 6.07 Å². The molecule has 0 spiro atoms. The highest BCUT2D eigenvalue weighted by molar-refractivity contribution is 5.72. The number of hydrogen-bond donors (Lipinski definition) is 0. The standard InChI is InChI=1S/C15H15NO2/c1-10-9-14(18-12(3)17)11(2)15(16-10)13-7-5-4-6-8-13/h4-9H,1-3H3. The lowest BCUT2D eigenvalue weighted by Gasteiger charge is -2.11. The van der Waals surface area contributed by atoms with Crippen LogP contribution in [-0.4, -0.2) is 11.0 Å². The Morgan fingerprint density at radius 1 is 1.17 bits per heavy atom. The van der Waals surface area contributed by atoms with Gasteiger partial charge in [0.15, 0.2) is 0 Å². The molecule has 0 N–H and O–H groups in total. The summed E-state index contributed by atoms with van der Waals surface area (Å²) in [5, 5.41) is 0. The lowest BCUT2D eigenvalue weighted by molar-refractivity contribution is -0.131. The Balaban J connectivity index is 2.55. The fraction of sp³-hybridized carbons (Fsp3) is 0.200. The molecule has 0 saturated carbocycles. The van der Waals surface area contributed by atoms with Gasteiger partial charge in [0.25, 0.3) is 0 Å². The molecule has 0 fully saturated rings. The van der Waals surface area contributed by atoms with Gasteiger partial charge < -0.3 is 4.74 Å². The first-order valence-electron chi connectivity index (χ1n) is 5.80. The molecule has 1 aromatic heterocycles. The van der Waals surface area contributed by atoms with Crippen LogP contribution in [0.3, 0.4) is 0 Å². The monoisotopic (exact) mass is 241 g/mol. The molecule has 0 radical (unpaired) electrons. The van der Waals surface area contributed by atoms with E-state index in [0.29, 0.717) is 5.75 Å². The van der Waals surface area contributed by atoms with E-state index in [1.165, 1.54) is 6.92 Å². The van der Waals surface area contributed by atoms with Gasteiger partial charge in [-0.1, -0.05) is 30.3 Å². The second kappa shape index (κ2) is 5.00. The third-order valence-electron chi connectivity index (χ3n) is 2.65. The Morgan fingerprint density at radius 3 is 2.44 bits per heavy atom. The van der Waals surface area contributed by atoms with Gasteiger partial charge in [-0.3, -0.25) is 9.78 Å². The Labute approximate surface area is 106 Å². The summed E-state index contributed by atoms with van der Waals surface area (Å²) in [5.74, 6) is 0.261. The van der Waals surface area contributed by atoms with E-state index in [0.717, 1.165) is 22.5 Å². The average molecular weight is 241 g/mol. The van der Waals surface area contributed by atoms with E-state index in [-0.39, 0.29) is 5.97 Å².